The molecule has 232 valence electrons. The van der Waals surface area contributed by atoms with Gasteiger partial charge in [-0.1, -0.05) is 174 Å². The highest BCUT2D eigenvalue weighted by Gasteiger charge is 2.18. The van der Waals surface area contributed by atoms with Crippen molar-refractivity contribution >= 4 is 11.8 Å². The van der Waals surface area contributed by atoms with Crippen LogP contribution in [0.15, 0.2) is 0 Å². The van der Waals surface area contributed by atoms with Crippen LogP contribution in [0.4, 0.5) is 0 Å². The largest absolute Gasteiger partial charge is 0.369 e. The second-order valence-electron chi connectivity index (χ2n) is 12.5. The Morgan fingerprint density at radius 2 is 0.564 bits per heavy atom. The van der Waals surface area contributed by atoms with Crippen LogP contribution in [0.25, 0.3) is 0 Å². The van der Waals surface area contributed by atoms with Gasteiger partial charge < -0.3 is 11.5 Å². The average Bonchev–Trinajstić information content (AvgIpc) is 2.91. The first-order valence-corrected chi connectivity index (χ1v) is 17.6. The van der Waals surface area contributed by atoms with Crippen molar-refractivity contribution in [3.8, 4) is 0 Å². The Hall–Kier alpha value is -1.06. The number of rotatable bonds is 32. The summed E-state index contributed by atoms with van der Waals surface area (Å²) in [5, 5.41) is 0. The van der Waals surface area contributed by atoms with Crippen molar-refractivity contribution in [3.63, 3.8) is 0 Å². The van der Waals surface area contributed by atoms with Gasteiger partial charge in [-0.3, -0.25) is 9.59 Å². The van der Waals surface area contributed by atoms with Crippen molar-refractivity contribution in [2.24, 2.45) is 23.3 Å². The summed E-state index contributed by atoms with van der Waals surface area (Å²) in [6, 6.07) is 0. The lowest BCUT2D eigenvalue weighted by Crippen LogP contribution is -2.25. The van der Waals surface area contributed by atoms with Crippen LogP contribution in [0.3, 0.4) is 0 Å². The normalized spacial score (nSPS) is 13.0. The molecule has 0 fully saturated rings. The third kappa shape index (κ3) is 26.9. The molecule has 2 amide bonds. The molecule has 0 radical (unpaired) electrons. The maximum Gasteiger partial charge on any atom is 0.220 e. The summed E-state index contributed by atoms with van der Waals surface area (Å²) in [5.74, 6) is -0.439. The van der Waals surface area contributed by atoms with Crippen LogP contribution in [0, 0.1) is 11.8 Å². The zero-order valence-electron chi connectivity index (χ0n) is 26.6. The first-order chi connectivity index (χ1) is 19.0. The van der Waals surface area contributed by atoms with Crippen LogP contribution < -0.4 is 11.5 Å². The molecule has 2 atom stereocenters. The van der Waals surface area contributed by atoms with E-state index in [0.717, 1.165) is 44.9 Å². The van der Waals surface area contributed by atoms with Gasteiger partial charge in [-0.25, -0.2) is 0 Å². The molecule has 39 heavy (non-hydrogen) atoms. The fourth-order valence-electron chi connectivity index (χ4n) is 5.93. The number of primary amides is 2. The smallest absolute Gasteiger partial charge is 0.220 e. The summed E-state index contributed by atoms with van der Waals surface area (Å²) in [6.07, 6.45) is 36.0. The lowest BCUT2D eigenvalue weighted by atomic mass is 9.89. The molecule has 0 aromatic heterocycles. The molecule has 0 rings (SSSR count). The van der Waals surface area contributed by atoms with Gasteiger partial charge in [0.1, 0.15) is 0 Å². The lowest BCUT2D eigenvalue weighted by Gasteiger charge is -2.16. The standard InChI is InChI=1S/C35H70N2O2/c1-3-5-7-9-11-13-15-17-19-21-23-25-28-32(34(36)38)30-27-31-33(35(37)39)29-26-24-22-20-18-16-14-12-10-8-6-4-2/h32-33H,3-31H2,1-2H3,(H2,36,38)(H2,37,39). The molecular weight excluding hydrogens is 480 g/mol. The van der Waals surface area contributed by atoms with Gasteiger partial charge in [0, 0.05) is 11.8 Å². The molecule has 0 aliphatic carbocycles. The Balaban J connectivity index is 3.79. The molecule has 0 aromatic rings. The van der Waals surface area contributed by atoms with Crippen LogP contribution in [-0.4, -0.2) is 11.8 Å². The summed E-state index contributed by atoms with van der Waals surface area (Å²) in [7, 11) is 0. The molecule has 2 unspecified atom stereocenters. The Bertz CT molecular complexity index is 491. The molecule has 0 saturated carbocycles. The Morgan fingerprint density at radius 3 is 0.795 bits per heavy atom. The van der Waals surface area contributed by atoms with Crippen molar-refractivity contribution in [1.29, 1.82) is 0 Å². The minimum atomic E-state index is -0.172. The average molecular weight is 551 g/mol. The Morgan fingerprint density at radius 1 is 0.359 bits per heavy atom. The van der Waals surface area contributed by atoms with Gasteiger partial charge in [-0.05, 0) is 25.7 Å². The minimum Gasteiger partial charge on any atom is -0.369 e. The van der Waals surface area contributed by atoms with Crippen molar-refractivity contribution in [1.82, 2.24) is 0 Å². The van der Waals surface area contributed by atoms with Gasteiger partial charge in [-0.15, -0.1) is 0 Å². The number of unbranched alkanes of at least 4 members (excludes halogenated alkanes) is 22. The van der Waals surface area contributed by atoms with Crippen LogP contribution >= 0.6 is 0 Å². The summed E-state index contributed by atoms with van der Waals surface area (Å²) in [4.78, 5) is 23.9. The molecule has 0 spiro atoms. The van der Waals surface area contributed by atoms with E-state index in [9.17, 15) is 9.59 Å². The van der Waals surface area contributed by atoms with E-state index in [-0.39, 0.29) is 23.7 Å². The number of carbonyl (C=O) groups is 2. The molecule has 0 aliphatic rings. The fourth-order valence-corrected chi connectivity index (χ4v) is 5.93. The first-order valence-electron chi connectivity index (χ1n) is 17.6. The van der Waals surface area contributed by atoms with E-state index >= 15 is 0 Å². The quantitative estimate of drug-likeness (QED) is 0.0816. The molecule has 0 aliphatic heterocycles. The van der Waals surface area contributed by atoms with Crippen molar-refractivity contribution in [3.05, 3.63) is 0 Å². The van der Waals surface area contributed by atoms with Crippen LogP contribution in [0.1, 0.15) is 200 Å². The Kier molecular flexibility index (Phi) is 29.1. The highest BCUT2D eigenvalue weighted by Crippen LogP contribution is 2.23. The summed E-state index contributed by atoms with van der Waals surface area (Å²) in [5.41, 5.74) is 11.4. The number of amides is 2. The SMILES string of the molecule is CCCCCCCCCCCCCCC(CCCC(CCCCCCCCCCCCCC)C(N)=O)C(N)=O. The second kappa shape index (κ2) is 29.9. The molecule has 4 nitrogen and oxygen atoms in total. The number of carbonyl (C=O) groups excluding carboxylic acids is 2. The molecule has 0 bridgehead atoms. The predicted octanol–water partition coefficient (Wildman–Crippen LogP) is 10.5. The maximum atomic E-state index is 12.0. The molecule has 0 heterocycles. The van der Waals surface area contributed by atoms with Crippen LogP contribution in [-0.2, 0) is 9.59 Å². The van der Waals surface area contributed by atoms with Crippen molar-refractivity contribution in [2.45, 2.75) is 200 Å². The van der Waals surface area contributed by atoms with E-state index in [0.29, 0.717) is 0 Å². The molecule has 0 saturated heterocycles. The number of nitrogens with two attached hydrogens (primary N) is 2. The number of hydrogen-bond acceptors (Lipinski definition) is 2. The van der Waals surface area contributed by atoms with Crippen LogP contribution in [0.5, 0.6) is 0 Å². The highest BCUT2D eigenvalue weighted by atomic mass is 16.1. The van der Waals surface area contributed by atoms with E-state index in [2.05, 4.69) is 13.8 Å². The third-order valence-corrected chi connectivity index (χ3v) is 8.72. The van der Waals surface area contributed by atoms with E-state index < -0.39 is 0 Å². The van der Waals surface area contributed by atoms with Gasteiger partial charge in [0.25, 0.3) is 0 Å². The molecular formula is C35H70N2O2. The van der Waals surface area contributed by atoms with Crippen molar-refractivity contribution < 1.29 is 9.59 Å². The van der Waals surface area contributed by atoms with Crippen molar-refractivity contribution in [2.75, 3.05) is 0 Å². The molecule has 4 heteroatoms. The van der Waals surface area contributed by atoms with E-state index in [4.69, 9.17) is 11.5 Å². The highest BCUT2D eigenvalue weighted by molar-refractivity contribution is 5.77. The number of hydrogen-bond donors (Lipinski definition) is 2. The second-order valence-corrected chi connectivity index (χ2v) is 12.5. The minimum absolute atomic E-state index is 0.0479. The van der Waals surface area contributed by atoms with E-state index in [1.165, 1.54) is 141 Å². The monoisotopic (exact) mass is 551 g/mol. The maximum absolute atomic E-state index is 12.0. The fraction of sp³-hybridized carbons (Fsp3) is 0.943. The third-order valence-electron chi connectivity index (χ3n) is 8.72. The summed E-state index contributed by atoms with van der Waals surface area (Å²) < 4.78 is 0. The summed E-state index contributed by atoms with van der Waals surface area (Å²) in [6.45, 7) is 4.54. The van der Waals surface area contributed by atoms with Gasteiger partial charge in [0.15, 0.2) is 0 Å². The van der Waals surface area contributed by atoms with Gasteiger partial charge >= 0.3 is 0 Å². The Labute approximate surface area is 244 Å². The first kappa shape index (κ1) is 37.9. The van der Waals surface area contributed by atoms with Gasteiger partial charge in [0.05, 0.1) is 0 Å². The van der Waals surface area contributed by atoms with E-state index in [1.807, 2.05) is 0 Å². The zero-order chi connectivity index (χ0) is 28.8. The lowest BCUT2D eigenvalue weighted by molar-refractivity contribution is -0.122. The van der Waals surface area contributed by atoms with E-state index in [1.54, 1.807) is 0 Å². The predicted molar refractivity (Wildman–Crippen MR) is 171 cm³/mol. The van der Waals surface area contributed by atoms with Crippen LogP contribution in [0.2, 0.25) is 0 Å². The molecule has 0 aromatic carbocycles. The van der Waals surface area contributed by atoms with Gasteiger partial charge in [0.2, 0.25) is 11.8 Å². The van der Waals surface area contributed by atoms with Gasteiger partial charge in [-0.2, -0.15) is 0 Å². The topological polar surface area (TPSA) is 86.2 Å². The summed E-state index contributed by atoms with van der Waals surface area (Å²) >= 11 is 0. The molecule has 4 N–H and O–H groups in total. The zero-order valence-corrected chi connectivity index (χ0v) is 26.6.